The normalized spacial score (nSPS) is 23.1. The summed E-state index contributed by atoms with van der Waals surface area (Å²) in [5, 5.41) is 30.4. The van der Waals surface area contributed by atoms with E-state index in [1.165, 1.54) is 0 Å². The van der Waals surface area contributed by atoms with E-state index in [1.807, 2.05) is 74.5 Å². The number of carbonyl (C=O) groups excluding carboxylic acids is 2. The molecule has 1 aromatic heterocycles. The molecule has 304 valence electrons. The van der Waals surface area contributed by atoms with Crippen molar-refractivity contribution in [1.82, 2.24) is 20.3 Å². The number of ether oxygens (including phenoxy) is 2. The molecule has 1 fully saturated rings. The molecule has 0 aliphatic carbocycles. The van der Waals surface area contributed by atoms with Gasteiger partial charge in [-0.05, 0) is 112 Å². The molecule has 4 aromatic rings. The summed E-state index contributed by atoms with van der Waals surface area (Å²) in [6.07, 6.45) is 3.96. The highest BCUT2D eigenvalue weighted by molar-refractivity contribution is 9.10. The van der Waals surface area contributed by atoms with E-state index in [1.54, 1.807) is 33.8 Å². The Balaban J connectivity index is 1.20. The van der Waals surface area contributed by atoms with E-state index >= 15 is 8.90 Å². The lowest BCUT2D eigenvalue weighted by atomic mass is 9.82. The van der Waals surface area contributed by atoms with Crippen LogP contribution in [0.25, 0.3) is 0 Å². The number of anilines is 3. The molecule has 4 heterocycles. The maximum absolute atomic E-state index is 16.4. The van der Waals surface area contributed by atoms with Gasteiger partial charge in [0.1, 0.15) is 5.75 Å². The number of aliphatic hydroxyl groups is 2. The predicted molar refractivity (Wildman–Crippen MR) is 222 cm³/mol. The van der Waals surface area contributed by atoms with Gasteiger partial charge in [0.05, 0.1) is 42.4 Å². The number of halogens is 2. The van der Waals surface area contributed by atoms with E-state index in [9.17, 15) is 15.0 Å². The number of hydrogen-bond acceptors (Lipinski definition) is 9. The predicted octanol–water partition coefficient (Wildman–Crippen LogP) is 6.34. The summed E-state index contributed by atoms with van der Waals surface area (Å²) in [7, 11) is -3.39. The van der Waals surface area contributed by atoms with Gasteiger partial charge in [0.15, 0.2) is 5.60 Å². The number of aliphatic hydroxyl groups excluding tert-OH is 2. The van der Waals surface area contributed by atoms with Gasteiger partial charge in [-0.2, -0.15) is 0 Å². The molecule has 7 rings (SSSR count). The van der Waals surface area contributed by atoms with Gasteiger partial charge in [-0.15, -0.1) is 5.10 Å². The summed E-state index contributed by atoms with van der Waals surface area (Å²) in [5.74, 6) is -0.0434. The minimum absolute atomic E-state index is 0.0310. The molecule has 0 bridgehead atoms. The molecule has 57 heavy (non-hydrogen) atoms. The molecule has 0 radical (unpaired) electrons. The molecule has 1 spiro atoms. The summed E-state index contributed by atoms with van der Waals surface area (Å²) < 4.78 is 31.7. The molecule has 1 unspecified atom stereocenters. The molecule has 12 nitrogen and oxygen atoms in total. The summed E-state index contributed by atoms with van der Waals surface area (Å²) in [4.78, 5) is 32.8. The van der Waals surface area contributed by atoms with Crippen molar-refractivity contribution < 1.29 is 33.4 Å². The molecular weight excluding hydrogens is 811 g/mol. The molecule has 0 saturated carbocycles. The fraction of sp³-hybridized carbons (Fsp3) is 0.476. The molecular formula is C42H52BrFN6O6Si. The number of nitrogens with one attached hydrogen (secondary N) is 1. The second-order valence-corrected chi connectivity index (χ2v) is 20.5. The minimum Gasteiger partial charge on any atom is -0.494 e. The van der Waals surface area contributed by atoms with Crippen molar-refractivity contribution in [3.05, 3.63) is 93.7 Å². The molecule has 3 aliphatic heterocycles. The van der Waals surface area contributed by atoms with Crippen molar-refractivity contribution in [2.75, 3.05) is 36.2 Å². The zero-order chi connectivity index (χ0) is 40.5. The van der Waals surface area contributed by atoms with Crippen LogP contribution in [0.4, 0.5) is 21.2 Å². The van der Waals surface area contributed by atoms with Gasteiger partial charge in [0.25, 0.3) is 5.91 Å². The van der Waals surface area contributed by atoms with Crippen LogP contribution in [0.5, 0.6) is 5.75 Å². The van der Waals surface area contributed by atoms with Crippen LogP contribution in [-0.4, -0.2) is 83.9 Å². The Morgan fingerprint density at radius 3 is 2.63 bits per heavy atom. The van der Waals surface area contributed by atoms with Crippen LogP contribution in [-0.2, 0) is 45.9 Å². The first kappa shape index (κ1) is 41.2. The van der Waals surface area contributed by atoms with Gasteiger partial charge in [-0.25, -0.2) is 0 Å². The third-order valence-electron chi connectivity index (χ3n) is 11.5. The van der Waals surface area contributed by atoms with Crippen molar-refractivity contribution in [3.8, 4) is 5.75 Å². The van der Waals surface area contributed by atoms with Crippen LogP contribution >= 0.6 is 15.9 Å². The van der Waals surface area contributed by atoms with Gasteiger partial charge in [0.2, 0.25) is 14.3 Å². The first-order chi connectivity index (χ1) is 27.4. The Morgan fingerprint density at radius 1 is 1.07 bits per heavy atom. The number of amides is 2. The Kier molecular flexibility index (Phi) is 12.3. The quantitative estimate of drug-likeness (QED) is 0.0669. The number of aromatic nitrogens is 3. The first-order valence-electron chi connectivity index (χ1n) is 19.9. The lowest BCUT2D eigenvalue weighted by Gasteiger charge is -2.35. The van der Waals surface area contributed by atoms with Gasteiger partial charge < -0.3 is 34.0 Å². The Hall–Kier alpha value is -3.99. The Morgan fingerprint density at radius 2 is 1.88 bits per heavy atom. The van der Waals surface area contributed by atoms with E-state index in [4.69, 9.17) is 9.47 Å². The number of rotatable bonds is 16. The zero-order valence-electron chi connectivity index (χ0n) is 33.0. The third-order valence-corrected chi connectivity index (χ3v) is 14.5. The van der Waals surface area contributed by atoms with Gasteiger partial charge in [-0.3, -0.25) is 19.2 Å². The van der Waals surface area contributed by atoms with Gasteiger partial charge in [-0.1, -0.05) is 40.2 Å². The number of aryl methyl sites for hydroxylation is 1. The maximum Gasteiger partial charge on any atom is 0.264 e. The summed E-state index contributed by atoms with van der Waals surface area (Å²) in [6, 6.07) is 18.8. The van der Waals surface area contributed by atoms with Crippen molar-refractivity contribution in [2.24, 2.45) is 5.92 Å². The van der Waals surface area contributed by atoms with E-state index in [-0.39, 0.29) is 31.6 Å². The molecule has 15 heteroatoms. The average molecular weight is 864 g/mol. The van der Waals surface area contributed by atoms with E-state index < -0.39 is 37.6 Å². The van der Waals surface area contributed by atoms with Crippen molar-refractivity contribution >= 4 is 53.2 Å². The summed E-state index contributed by atoms with van der Waals surface area (Å²) in [6.45, 7) is 9.08. The van der Waals surface area contributed by atoms with Gasteiger partial charge in [0, 0.05) is 59.6 Å². The Bertz CT molecular complexity index is 2100. The lowest BCUT2D eigenvalue weighted by molar-refractivity contribution is -0.146. The van der Waals surface area contributed by atoms with Crippen molar-refractivity contribution in [1.29, 1.82) is 0 Å². The first-order valence-corrected chi connectivity index (χ1v) is 23.7. The maximum atomic E-state index is 16.4. The van der Waals surface area contributed by atoms with Crippen LogP contribution in [0.2, 0.25) is 18.6 Å². The van der Waals surface area contributed by atoms with Crippen LogP contribution in [0.15, 0.2) is 71.3 Å². The number of nitrogens with zero attached hydrogens (tertiary/aromatic N) is 5. The largest absolute Gasteiger partial charge is 0.494 e. The lowest BCUT2D eigenvalue weighted by Crippen LogP contribution is -2.49. The van der Waals surface area contributed by atoms with Gasteiger partial charge >= 0.3 is 0 Å². The molecule has 3 aromatic carbocycles. The second kappa shape index (κ2) is 17.1. The monoisotopic (exact) mass is 862 g/mol. The fourth-order valence-electron chi connectivity index (χ4n) is 9.08. The number of hydrogen-bond donors (Lipinski definition) is 3. The van der Waals surface area contributed by atoms with Crippen LogP contribution in [0, 0.1) is 5.92 Å². The second-order valence-electron chi connectivity index (χ2n) is 15.8. The standard InChI is InChI=1S/C42H52BrFN6O6Si/c1-5-55-33-12-14-36-29(22-33)23-35(45-17-6-7-19-51)40(53)50(36)32-10-8-9-28(21-32)25-49-37-13-11-30(43)24-34(37)42(41(49)54)27(2)39(57(3,4)44)38(56-42)15-18-48-26-31(16-20-52)46-47-48/h8-14,21-22,24,26-27,35,38-39,45,51-52H,5-7,15-20,23,25H2,1-4H3/t27-,35?,38+,39-,42+/m1/s1. The van der Waals surface area contributed by atoms with Crippen LogP contribution in [0.1, 0.15) is 55.5 Å². The van der Waals surface area contributed by atoms with E-state index in [0.29, 0.717) is 68.0 Å². The highest BCUT2D eigenvalue weighted by atomic mass is 79.9. The molecule has 2 amide bonds. The SMILES string of the molecule is CCOc1ccc2c(c1)CC(NCCCCO)C(=O)N2c1cccc(CN2C(=O)[C@@]3(O[C@@H](CCn4cc(CCO)nn4)[C@H]([Si](C)(C)F)[C@H]3C)c3cc(Br)ccc32)c1. The van der Waals surface area contributed by atoms with E-state index in [0.717, 1.165) is 33.5 Å². The third kappa shape index (κ3) is 8.06. The highest BCUT2D eigenvalue weighted by Gasteiger charge is 2.66. The van der Waals surface area contributed by atoms with E-state index in [2.05, 4.69) is 31.6 Å². The Labute approximate surface area is 342 Å². The summed E-state index contributed by atoms with van der Waals surface area (Å²) in [5.41, 5.74) is 3.46. The molecule has 5 atom stereocenters. The number of unbranched alkanes of at least 4 members (excludes halogenated alkanes) is 1. The molecule has 1 saturated heterocycles. The number of fused-ring (bicyclic) bond motifs is 3. The van der Waals surface area contributed by atoms with Crippen LogP contribution < -0.4 is 19.9 Å². The number of benzene rings is 3. The molecule has 3 N–H and O–H groups in total. The van der Waals surface area contributed by atoms with Crippen molar-refractivity contribution in [3.63, 3.8) is 0 Å². The fourth-order valence-corrected chi connectivity index (χ4v) is 12.0. The molecule has 3 aliphatic rings. The van der Waals surface area contributed by atoms with Crippen LogP contribution in [0.3, 0.4) is 0 Å². The topological polar surface area (TPSA) is 142 Å². The summed E-state index contributed by atoms with van der Waals surface area (Å²) >= 11 is 3.63. The zero-order valence-corrected chi connectivity index (χ0v) is 35.5. The minimum atomic E-state index is -3.39. The van der Waals surface area contributed by atoms with Crippen molar-refractivity contribution in [2.45, 2.75) is 95.4 Å². The highest BCUT2D eigenvalue weighted by Crippen LogP contribution is 2.60. The average Bonchev–Trinajstić information content (AvgIpc) is 3.82. The smallest absolute Gasteiger partial charge is 0.264 e. The number of carbonyl (C=O) groups is 2.